The first kappa shape index (κ1) is 37.0. The van der Waals surface area contributed by atoms with Gasteiger partial charge in [0.05, 0.1) is 24.9 Å². The third kappa shape index (κ3) is 9.48. The average molecular weight is 678 g/mol. The Morgan fingerprint density at radius 3 is 2.24 bits per heavy atom. The van der Waals surface area contributed by atoms with Crippen molar-refractivity contribution in [2.24, 2.45) is 11.8 Å². The standard InChI is InChI=1S/C39H55N3O7/c1-24-34(22-42-32-10-8-7-9-29(32)19-20-33(42)37(46)41-39(4,5)6)48-38(49-35(24)30-15-13-28(23-43)14-16-30)31-17-11-27(12-18-31)21-40-36(45)25(2)47-26(3)44/h11-18,24-25,29,32-35,38,43H,7-10,19-23H2,1-6H3,(H,40,45)(H,41,46)/t24-,25-,29+,32+,33+,34+,35+,38+/m0/s1. The van der Waals surface area contributed by atoms with Crippen LogP contribution in [0.25, 0.3) is 0 Å². The van der Waals surface area contributed by atoms with Gasteiger partial charge in [-0.3, -0.25) is 19.3 Å². The lowest BCUT2D eigenvalue weighted by Crippen LogP contribution is -2.61. The number of nitrogens with zero attached hydrogens (tertiary/aromatic N) is 1. The summed E-state index contributed by atoms with van der Waals surface area (Å²) in [4.78, 5) is 39.8. The van der Waals surface area contributed by atoms with Crippen LogP contribution in [0.3, 0.4) is 0 Å². The van der Waals surface area contributed by atoms with Gasteiger partial charge in [-0.15, -0.1) is 0 Å². The average Bonchev–Trinajstić information content (AvgIpc) is 3.07. The molecule has 2 heterocycles. The zero-order valence-electron chi connectivity index (χ0n) is 29.9. The molecule has 0 radical (unpaired) electrons. The number of aliphatic hydroxyl groups is 1. The Balaban J connectivity index is 1.39. The molecular weight excluding hydrogens is 622 g/mol. The number of piperidine rings is 1. The Labute approximate surface area is 291 Å². The lowest BCUT2D eigenvalue weighted by Gasteiger charge is -2.51. The maximum Gasteiger partial charge on any atom is 0.303 e. The van der Waals surface area contributed by atoms with Crippen LogP contribution in [-0.2, 0) is 41.7 Å². The molecule has 2 saturated heterocycles. The molecule has 3 aliphatic rings. The number of carbonyl (C=O) groups excluding carboxylic acids is 3. The quantitative estimate of drug-likeness (QED) is 0.283. The molecule has 2 aliphatic heterocycles. The van der Waals surface area contributed by atoms with Gasteiger partial charge in [0.1, 0.15) is 0 Å². The first-order valence-electron chi connectivity index (χ1n) is 17.9. The van der Waals surface area contributed by atoms with Gasteiger partial charge in [-0.2, -0.15) is 0 Å². The lowest BCUT2D eigenvalue weighted by atomic mass is 9.75. The van der Waals surface area contributed by atoms with Gasteiger partial charge in [0.15, 0.2) is 12.4 Å². The number of amides is 2. The first-order chi connectivity index (χ1) is 23.3. The summed E-state index contributed by atoms with van der Waals surface area (Å²) in [5.74, 6) is -0.200. The predicted octanol–water partition coefficient (Wildman–Crippen LogP) is 5.48. The number of hydrogen-bond acceptors (Lipinski definition) is 8. The number of aliphatic hydroxyl groups excluding tert-OH is 1. The van der Waals surface area contributed by atoms with Crippen LogP contribution in [0.2, 0.25) is 0 Å². The molecule has 10 heteroatoms. The van der Waals surface area contributed by atoms with Gasteiger partial charge in [0.25, 0.3) is 5.91 Å². The van der Waals surface area contributed by atoms with Crippen LogP contribution in [0.4, 0.5) is 0 Å². The fourth-order valence-electron chi connectivity index (χ4n) is 7.69. The second-order valence-electron chi connectivity index (χ2n) is 15.2. The molecular formula is C39H55N3O7. The van der Waals surface area contributed by atoms with Crippen LogP contribution in [0.1, 0.15) is 115 Å². The molecule has 1 saturated carbocycles. The summed E-state index contributed by atoms with van der Waals surface area (Å²) in [7, 11) is 0. The SMILES string of the molecule is CC(=O)O[C@@H](C)C(=O)NCc1ccc([C@@H]2O[C@H](CN3[C@@H](C(=O)NC(C)(C)C)CC[C@H]4CCCC[C@H]43)[C@H](C)[C@H](c3ccc(CO)cc3)O2)cc1. The third-order valence-electron chi connectivity index (χ3n) is 10.3. The Morgan fingerprint density at radius 1 is 0.939 bits per heavy atom. The van der Waals surface area contributed by atoms with Gasteiger partial charge >= 0.3 is 5.97 Å². The molecule has 49 heavy (non-hydrogen) atoms. The molecule has 5 rings (SSSR count). The zero-order chi connectivity index (χ0) is 35.3. The summed E-state index contributed by atoms with van der Waals surface area (Å²) in [6.07, 6.45) is 4.63. The molecule has 10 nitrogen and oxygen atoms in total. The van der Waals surface area contributed by atoms with Crippen molar-refractivity contribution in [1.82, 2.24) is 15.5 Å². The van der Waals surface area contributed by atoms with Crippen molar-refractivity contribution in [2.45, 2.75) is 135 Å². The van der Waals surface area contributed by atoms with Gasteiger partial charge < -0.3 is 30.0 Å². The fraction of sp³-hybridized carbons (Fsp3) is 0.615. The number of benzene rings is 2. The van der Waals surface area contributed by atoms with Crippen molar-refractivity contribution in [2.75, 3.05) is 6.54 Å². The Hall–Kier alpha value is -3.31. The Bertz CT molecular complexity index is 1420. The maximum atomic E-state index is 13.8. The number of ether oxygens (including phenoxy) is 3. The van der Waals surface area contributed by atoms with Crippen molar-refractivity contribution in [3.8, 4) is 0 Å². The molecule has 3 N–H and O–H groups in total. The minimum Gasteiger partial charge on any atom is -0.453 e. The van der Waals surface area contributed by atoms with E-state index in [4.69, 9.17) is 14.2 Å². The van der Waals surface area contributed by atoms with E-state index in [-0.39, 0.29) is 54.7 Å². The molecule has 2 amide bonds. The highest BCUT2D eigenvalue weighted by Crippen LogP contribution is 2.44. The summed E-state index contributed by atoms with van der Waals surface area (Å²) in [6, 6.07) is 15.8. The summed E-state index contributed by atoms with van der Waals surface area (Å²) >= 11 is 0. The van der Waals surface area contributed by atoms with E-state index < -0.39 is 18.4 Å². The molecule has 0 unspecified atom stereocenters. The molecule has 0 aromatic heterocycles. The highest BCUT2D eigenvalue weighted by molar-refractivity contribution is 5.83. The van der Waals surface area contributed by atoms with Crippen LogP contribution < -0.4 is 10.6 Å². The number of esters is 1. The van der Waals surface area contributed by atoms with Gasteiger partial charge in [-0.25, -0.2) is 0 Å². The van der Waals surface area contributed by atoms with Crippen LogP contribution in [0.15, 0.2) is 48.5 Å². The van der Waals surface area contributed by atoms with Crippen LogP contribution in [0, 0.1) is 11.8 Å². The van der Waals surface area contributed by atoms with E-state index in [0.29, 0.717) is 18.5 Å². The summed E-state index contributed by atoms with van der Waals surface area (Å²) in [6.45, 7) is 12.0. The van der Waals surface area contributed by atoms with E-state index in [0.717, 1.165) is 41.5 Å². The molecule has 2 aromatic rings. The van der Waals surface area contributed by atoms with Gasteiger partial charge in [0.2, 0.25) is 5.91 Å². The van der Waals surface area contributed by atoms with E-state index in [1.165, 1.54) is 26.2 Å². The van der Waals surface area contributed by atoms with Crippen LogP contribution >= 0.6 is 0 Å². The van der Waals surface area contributed by atoms with E-state index in [1.54, 1.807) is 6.92 Å². The second-order valence-corrected chi connectivity index (χ2v) is 15.2. The number of nitrogens with one attached hydrogen (secondary N) is 2. The van der Waals surface area contributed by atoms with Crippen molar-refractivity contribution in [3.05, 3.63) is 70.8 Å². The van der Waals surface area contributed by atoms with Crippen LogP contribution in [-0.4, -0.2) is 64.2 Å². The van der Waals surface area contributed by atoms with Crippen molar-refractivity contribution < 1.29 is 33.7 Å². The first-order valence-corrected chi connectivity index (χ1v) is 17.9. The van der Waals surface area contributed by atoms with Crippen molar-refractivity contribution in [1.29, 1.82) is 0 Å². The Morgan fingerprint density at radius 2 is 1.59 bits per heavy atom. The highest BCUT2D eigenvalue weighted by Gasteiger charge is 2.46. The van der Waals surface area contributed by atoms with E-state index in [1.807, 2.05) is 69.3 Å². The second kappa shape index (κ2) is 16.1. The number of hydrogen-bond donors (Lipinski definition) is 3. The van der Waals surface area contributed by atoms with Crippen LogP contribution in [0.5, 0.6) is 0 Å². The van der Waals surface area contributed by atoms with E-state index >= 15 is 0 Å². The third-order valence-corrected chi connectivity index (χ3v) is 10.3. The smallest absolute Gasteiger partial charge is 0.303 e. The Kier molecular flexibility index (Phi) is 12.2. The number of rotatable bonds is 10. The fourth-order valence-corrected chi connectivity index (χ4v) is 7.69. The predicted molar refractivity (Wildman–Crippen MR) is 186 cm³/mol. The van der Waals surface area contributed by atoms with Gasteiger partial charge in [0, 0.05) is 43.1 Å². The van der Waals surface area contributed by atoms with Gasteiger partial charge in [-0.1, -0.05) is 68.3 Å². The van der Waals surface area contributed by atoms with Crippen molar-refractivity contribution >= 4 is 17.8 Å². The summed E-state index contributed by atoms with van der Waals surface area (Å²) in [5, 5.41) is 15.7. The monoisotopic (exact) mass is 677 g/mol. The van der Waals surface area contributed by atoms with Gasteiger partial charge in [-0.05, 0) is 76.0 Å². The van der Waals surface area contributed by atoms with Crippen molar-refractivity contribution in [3.63, 3.8) is 0 Å². The van der Waals surface area contributed by atoms with E-state index in [2.05, 4.69) is 22.5 Å². The molecule has 1 aliphatic carbocycles. The summed E-state index contributed by atoms with van der Waals surface area (Å²) in [5.41, 5.74) is 3.27. The minimum atomic E-state index is -0.869. The number of carbonyl (C=O) groups is 3. The molecule has 8 atom stereocenters. The molecule has 0 spiro atoms. The molecule has 0 bridgehead atoms. The number of likely N-dealkylation sites (tertiary alicyclic amines) is 1. The highest BCUT2D eigenvalue weighted by atomic mass is 16.7. The lowest BCUT2D eigenvalue weighted by molar-refractivity contribution is -0.278. The minimum absolute atomic E-state index is 0.0137. The zero-order valence-corrected chi connectivity index (χ0v) is 29.9. The summed E-state index contributed by atoms with van der Waals surface area (Å²) < 4.78 is 18.5. The largest absolute Gasteiger partial charge is 0.453 e. The topological polar surface area (TPSA) is 126 Å². The van der Waals surface area contributed by atoms with E-state index in [9.17, 15) is 19.5 Å². The number of fused-ring (bicyclic) bond motifs is 1. The molecule has 3 fully saturated rings. The normalized spacial score (nSPS) is 28.2. The maximum absolute atomic E-state index is 13.8. The molecule has 268 valence electrons. The molecule has 2 aromatic carbocycles.